The fourth-order valence-corrected chi connectivity index (χ4v) is 1.40. The van der Waals surface area contributed by atoms with Gasteiger partial charge in [-0.2, -0.15) is 0 Å². The first kappa shape index (κ1) is 12.8. The molecule has 0 aliphatic heterocycles. The number of carbonyl (C=O) groups is 1. The summed E-state index contributed by atoms with van der Waals surface area (Å²) in [6, 6.07) is 1.58. The normalized spacial score (nSPS) is 11.8. The summed E-state index contributed by atoms with van der Waals surface area (Å²) >= 11 is 0. The molecule has 1 aromatic rings. The van der Waals surface area contributed by atoms with Crippen LogP contribution >= 0.6 is 0 Å². The molecule has 16 heavy (non-hydrogen) atoms. The Morgan fingerprint density at radius 2 is 2.12 bits per heavy atom. The van der Waals surface area contributed by atoms with Gasteiger partial charge in [-0.25, -0.2) is 4.79 Å². The molecule has 0 radical (unpaired) electrons. The van der Waals surface area contributed by atoms with E-state index in [0.29, 0.717) is 18.1 Å². The third kappa shape index (κ3) is 3.70. The van der Waals surface area contributed by atoms with Crippen LogP contribution in [0.3, 0.4) is 0 Å². The molecule has 0 spiro atoms. The van der Waals surface area contributed by atoms with Crippen molar-refractivity contribution >= 4 is 5.97 Å². The summed E-state index contributed by atoms with van der Waals surface area (Å²) in [5.74, 6) is 0.183. The van der Waals surface area contributed by atoms with Gasteiger partial charge in [0, 0.05) is 6.54 Å². The Bertz CT molecular complexity index is 374. The lowest BCUT2D eigenvalue weighted by Crippen LogP contribution is -2.26. The maximum Gasteiger partial charge on any atom is 0.339 e. The van der Waals surface area contributed by atoms with Crippen LogP contribution < -0.4 is 5.32 Å². The van der Waals surface area contributed by atoms with Crippen LogP contribution in [0, 0.1) is 12.3 Å². The van der Waals surface area contributed by atoms with Gasteiger partial charge in [-0.05, 0) is 18.4 Å². The van der Waals surface area contributed by atoms with Crippen molar-refractivity contribution < 1.29 is 14.3 Å². The zero-order valence-electron chi connectivity index (χ0n) is 10.3. The number of carboxylic acids is 1. The zero-order valence-corrected chi connectivity index (χ0v) is 10.3. The van der Waals surface area contributed by atoms with Gasteiger partial charge in [0.1, 0.15) is 17.1 Å². The minimum absolute atomic E-state index is 0.206. The molecule has 4 nitrogen and oxygen atoms in total. The highest BCUT2D eigenvalue weighted by Gasteiger charge is 2.14. The van der Waals surface area contributed by atoms with Crippen LogP contribution in [0.25, 0.3) is 0 Å². The monoisotopic (exact) mass is 225 g/mol. The van der Waals surface area contributed by atoms with E-state index in [9.17, 15) is 4.79 Å². The van der Waals surface area contributed by atoms with Gasteiger partial charge in [0.15, 0.2) is 0 Å². The van der Waals surface area contributed by atoms with E-state index in [2.05, 4.69) is 26.1 Å². The van der Waals surface area contributed by atoms with Gasteiger partial charge < -0.3 is 14.8 Å². The van der Waals surface area contributed by atoms with Crippen molar-refractivity contribution in [3.05, 3.63) is 23.2 Å². The average molecular weight is 225 g/mol. The van der Waals surface area contributed by atoms with Crippen molar-refractivity contribution in [2.24, 2.45) is 5.41 Å². The summed E-state index contributed by atoms with van der Waals surface area (Å²) in [4.78, 5) is 10.8. The van der Waals surface area contributed by atoms with E-state index in [1.165, 1.54) is 0 Å². The topological polar surface area (TPSA) is 62.5 Å². The highest BCUT2D eigenvalue weighted by atomic mass is 16.4. The molecule has 0 aliphatic rings. The summed E-state index contributed by atoms with van der Waals surface area (Å²) in [5, 5.41) is 12.1. The number of hydrogen-bond donors (Lipinski definition) is 2. The SMILES string of the molecule is Cc1oc(CNCC(C)(C)C)cc1C(=O)O. The van der Waals surface area contributed by atoms with Gasteiger partial charge in [-0.15, -0.1) is 0 Å². The Kier molecular flexibility index (Phi) is 3.75. The highest BCUT2D eigenvalue weighted by Crippen LogP contribution is 2.15. The van der Waals surface area contributed by atoms with E-state index in [-0.39, 0.29) is 11.0 Å². The van der Waals surface area contributed by atoms with Gasteiger partial charge in [-0.3, -0.25) is 0 Å². The van der Waals surface area contributed by atoms with Crippen molar-refractivity contribution in [2.75, 3.05) is 6.54 Å². The number of aromatic carboxylic acids is 1. The number of rotatable bonds is 4. The fourth-order valence-electron chi connectivity index (χ4n) is 1.40. The molecule has 0 aliphatic carbocycles. The van der Waals surface area contributed by atoms with Gasteiger partial charge in [0.2, 0.25) is 0 Å². The molecular weight excluding hydrogens is 206 g/mol. The average Bonchev–Trinajstić information content (AvgIpc) is 2.44. The van der Waals surface area contributed by atoms with E-state index in [1.54, 1.807) is 13.0 Å². The van der Waals surface area contributed by atoms with Crippen LogP contribution in [0.2, 0.25) is 0 Å². The molecule has 0 amide bonds. The van der Waals surface area contributed by atoms with Crippen LogP contribution in [0.1, 0.15) is 42.6 Å². The molecule has 1 aromatic heterocycles. The highest BCUT2D eigenvalue weighted by molar-refractivity contribution is 5.88. The first-order valence-corrected chi connectivity index (χ1v) is 5.33. The molecule has 1 rings (SSSR count). The predicted octanol–water partition coefficient (Wildman–Crippen LogP) is 2.42. The molecule has 0 saturated carbocycles. The maximum atomic E-state index is 10.8. The smallest absolute Gasteiger partial charge is 0.339 e. The second kappa shape index (κ2) is 4.70. The molecular formula is C12H19NO3. The van der Waals surface area contributed by atoms with Crippen molar-refractivity contribution in [2.45, 2.75) is 34.2 Å². The molecule has 0 fully saturated rings. The van der Waals surface area contributed by atoms with Crippen molar-refractivity contribution in [3.8, 4) is 0 Å². The number of carboxylic acid groups (broad SMARTS) is 1. The standard InChI is InChI=1S/C12H19NO3/c1-8-10(11(14)15)5-9(16-8)6-13-7-12(2,3)4/h5,13H,6-7H2,1-4H3,(H,14,15). The van der Waals surface area contributed by atoms with Crippen LogP contribution in [-0.4, -0.2) is 17.6 Å². The molecule has 0 aromatic carbocycles. The van der Waals surface area contributed by atoms with Gasteiger partial charge in [-0.1, -0.05) is 20.8 Å². The Balaban J connectivity index is 2.56. The second-order valence-electron chi connectivity index (χ2n) is 5.15. The quantitative estimate of drug-likeness (QED) is 0.826. The minimum atomic E-state index is -0.941. The number of nitrogens with one attached hydrogen (secondary N) is 1. The first-order chi connectivity index (χ1) is 7.29. The first-order valence-electron chi connectivity index (χ1n) is 5.33. The largest absolute Gasteiger partial charge is 0.478 e. The minimum Gasteiger partial charge on any atom is -0.478 e. The van der Waals surface area contributed by atoms with Gasteiger partial charge in [0.25, 0.3) is 0 Å². The lowest BCUT2D eigenvalue weighted by atomic mass is 9.97. The van der Waals surface area contributed by atoms with Gasteiger partial charge in [0.05, 0.1) is 6.54 Å². The third-order valence-electron chi connectivity index (χ3n) is 2.15. The van der Waals surface area contributed by atoms with Gasteiger partial charge >= 0.3 is 5.97 Å². The summed E-state index contributed by atoms with van der Waals surface area (Å²) in [6.45, 7) is 9.49. The Labute approximate surface area is 95.7 Å². The fraction of sp³-hybridized carbons (Fsp3) is 0.583. The van der Waals surface area contributed by atoms with E-state index in [4.69, 9.17) is 9.52 Å². The molecule has 0 saturated heterocycles. The number of hydrogen-bond acceptors (Lipinski definition) is 3. The third-order valence-corrected chi connectivity index (χ3v) is 2.15. The molecule has 0 bridgehead atoms. The van der Waals surface area contributed by atoms with Crippen LogP contribution in [0.5, 0.6) is 0 Å². The molecule has 2 N–H and O–H groups in total. The molecule has 0 unspecified atom stereocenters. The summed E-state index contributed by atoms with van der Waals surface area (Å²) < 4.78 is 5.35. The summed E-state index contributed by atoms with van der Waals surface area (Å²) in [5.41, 5.74) is 0.449. The van der Waals surface area contributed by atoms with E-state index >= 15 is 0 Å². The lowest BCUT2D eigenvalue weighted by Gasteiger charge is -2.18. The van der Waals surface area contributed by atoms with Crippen LogP contribution in [-0.2, 0) is 6.54 Å². The molecule has 4 heteroatoms. The van der Waals surface area contributed by atoms with E-state index in [1.807, 2.05) is 0 Å². The lowest BCUT2D eigenvalue weighted by molar-refractivity contribution is 0.0695. The number of aryl methyl sites for hydroxylation is 1. The Morgan fingerprint density at radius 3 is 2.56 bits per heavy atom. The Hall–Kier alpha value is -1.29. The van der Waals surface area contributed by atoms with Crippen molar-refractivity contribution in [3.63, 3.8) is 0 Å². The van der Waals surface area contributed by atoms with E-state index < -0.39 is 5.97 Å². The number of furan rings is 1. The second-order valence-corrected chi connectivity index (χ2v) is 5.15. The van der Waals surface area contributed by atoms with Crippen molar-refractivity contribution in [1.82, 2.24) is 5.32 Å². The summed E-state index contributed by atoms with van der Waals surface area (Å²) in [7, 11) is 0. The van der Waals surface area contributed by atoms with E-state index in [0.717, 1.165) is 6.54 Å². The van der Waals surface area contributed by atoms with Crippen LogP contribution in [0.4, 0.5) is 0 Å². The van der Waals surface area contributed by atoms with Crippen molar-refractivity contribution in [1.29, 1.82) is 0 Å². The molecule has 0 atom stereocenters. The summed E-state index contributed by atoms with van der Waals surface area (Å²) in [6.07, 6.45) is 0. The molecule has 90 valence electrons. The predicted molar refractivity (Wildman–Crippen MR) is 61.6 cm³/mol. The van der Waals surface area contributed by atoms with Crippen LogP contribution in [0.15, 0.2) is 10.5 Å². The zero-order chi connectivity index (χ0) is 12.3. The maximum absolute atomic E-state index is 10.8. The Morgan fingerprint density at radius 1 is 1.50 bits per heavy atom. The molecule has 1 heterocycles.